The van der Waals surface area contributed by atoms with Crippen LogP contribution in [0, 0.1) is 0 Å². The van der Waals surface area contributed by atoms with Gasteiger partial charge in [-0.3, -0.25) is 4.79 Å². The monoisotopic (exact) mass is 496 g/mol. The van der Waals surface area contributed by atoms with E-state index in [1.54, 1.807) is 0 Å². The lowest BCUT2D eigenvalue weighted by Gasteiger charge is -2.26. The molecule has 33 heavy (non-hydrogen) atoms. The zero-order chi connectivity index (χ0) is 24.0. The zero-order valence-corrected chi connectivity index (χ0v) is 18.8. The first-order chi connectivity index (χ1) is 15.7. The van der Waals surface area contributed by atoms with Crippen molar-refractivity contribution in [2.75, 3.05) is 43.5 Å². The minimum absolute atomic E-state index is 0.0363. The first-order valence-electron chi connectivity index (χ1n) is 9.68. The highest BCUT2D eigenvalue weighted by molar-refractivity contribution is 7.89. The topological polar surface area (TPSA) is 157 Å². The second-order valence-corrected chi connectivity index (χ2v) is 9.19. The first kappa shape index (κ1) is 24.5. The number of nitrogens with one attached hydrogen (secondary N) is 2. The van der Waals surface area contributed by atoms with E-state index in [1.807, 2.05) is 0 Å². The Balaban J connectivity index is 1.61. The van der Waals surface area contributed by atoms with E-state index in [9.17, 15) is 22.8 Å². The lowest BCUT2D eigenvalue weighted by molar-refractivity contribution is -0.119. The molecule has 0 bridgehead atoms. The van der Waals surface area contributed by atoms with Crippen molar-refractivity contribution in [1.29, 1.82) is 0 Å². The molecule has 11 nitrogen and oxygen atoms in total. The van der Waals surface area contributed by atoms with Gasteiger partial charge in [0, 0.05) is 18.8 Å². The molecule has 4 N–H and O–H groups in total. The number of halogens is 1. The van der Waals surface area contributed by atoms with Gasteiger partial charge in [-0.05, 0) is 42.5 Å². The van der Waals surface area contributed by atoms with Crippen molar-refractivity contribution in [1.82, 2.24) is 4.31 Å². The highest BCUT2D eigenvalue weighted by Crippen LogP contribution is 2.27. The maximum atomic E-state index is 12.8. The van der Waals surface area contributed by atoms with E-state index in [0.717, 1.165) is 0 Å². The smallest absolute Gasteiger partial charge is 0.338 e. The Morgan fingerprint density at radius 2 is 1.73 bits per heavy atom. The van der Waals surface area contributed by atoms with Gasteiger partial charge in [-0.1, -0.05) is 11.6 Å². The number of carbonyl (C=O) groups is 3. The van der Waals surface area contributed by atoms with Gasteiger partial charge in [0.15, 0.2) is 6.61 Å². The van der Waals surface area contributed by atoms with E-state index in [4.69, 9.17) is 26.8 Å². The summed E-state index contributed by atoms with van der Waals surface area (Å²) in [5.41, 5.74) is 5.61. The number of hydrogen-bond donors (Lipinski definition) is 3. The van der Waals surface area contributed by atoms with Crippen LogP contribution in [0.5, 0.6) is 0 Å². The molecule has 1 fully saturated rings. The number of urea groups is 1. The Morgan fingerprint density at radius 1 is 1.06 bits per heavy atom. The van der Waals surface area contributed by atoms with Crippen molar-refractivity contribution in [3.63, 3.8) is 0 Å². The second-order valence-electron chi connectivity index (χ2n) is 6.85. The van der Waals surface area contributed by atoms with Crippen LogP contribution in [-0.4, -0.2) is 63.5 Å². The number of nitrogens with two attached hydrogens (primary N) is 1. The van der Waals surface area contributed by atoms with E-state index in [-0.39, 0.29) is 34.3 Å². The molecule has 1 heterocycles. The van der Waals surface area contributed by atoms with Crippen molar-refractivity contribution in [2.45, 2.75) is 4.90 Å². The molecule has 0 aromatic heterocycles. The second kappa shape index (κ2) is 10.6. The highest BCUT2D eigenvalue weighted by Gasteiger charge is 2.27. The van der Waals surface area contributed by atoms with Crippen molar-refractivity contribution in [3.05, 3.63) is 53.1 Å². The Labute approximate surface area is 194 Å². The van der Waals surface area contributed by atoms with Crippen LogP contribution in [-0.2, 0) is 24.3 Å². The van der Waals surface area contributed by atoms with Crippen LogP contribution >= 0.6 is 11.6 Å². The number of ether oxygens (including phenoxy) is 2. The highest BCUT2D eigenvalue weighted by atomic mass is 35.5. The Bertz CT molecular complexity index is 1150. The van der Waals surface area contributed by atoms with Crippen LogP contribution < -0.4 is 16.4 Å². The van der Waals surface area contributed by atoms with Crippen LogP contribution in [0.25, 0.3) is 0 Å². The third-order valence-corrected chi connectivity index (χ3v) is 6.77. The third kappa shape index (κ3) is 6.42. The molecule has 0 spiro atoms. The number of anilines is 2. The molecule has 1 aliphatic heterocycles. The van der Waals surface area contributed by atoms with E-state index >= 15 is 0 Å². The van der Waals surface area contributed by atoms with Crippen molar-refractivity contribution >= 4 is 50.9 Å². The van der Waals surface area contributed by atoms with Crippen LogP contribution in [0.15, 0.2) is 47.4 Å². The summed E-state index contributed by atoms with van der Waals surface area (Å²) in [6, 6.07) is 8.88. The van der Waals surface area contributed by atoms with Gasteiger partial charge < -0.3 is 25.8 Å². The average molecular weight is 497 g/mol. The average Bonchev–Trinajstić information content (AvgIpc) is 2.79. The van der Waals surface area contributed by atoms with Gasteiger partial charge in [-0.25, -0.2) is 18.0 Å². The number of esters is 1. The fourth-order valence-electron chi connectivity index (χ4n) is 2.93. The third-order valence-electron chi connectivity index (χ3n) is 4.54. The summed E-state index contributed by atoms with van der Waals surface area (Å²) in [5.74, 6) is -1.48. The molecule has 13 heteroatoms. The largest absolute Gasteiger partial charge is 0.452 e. The molecule has 0 atom stereocenters. The molecule has 176 valence electrons. The molecular weight excluding hydrogens is 476 g/mol. The van der Waals surface area contributed by atoms with Gasteiger partial charge in [-0.15, -0.1) is 0 Å². The SMILES string of the molecule is NC(=O)Nc1ccc(C(=O)OCC(=O)Nc2cc(S(=O)(=O)N3CCOCC3)ccc2Cl)cc1. The fourth-order valence-corrected chi connectivity index (χ4v) is 4.53. The zero-order valence-electron chi connectivity index (χ0n) is 17.2. The van der Waals surface area contributed by atoms with Gasteiger partial charge in [0.25, 0.3) is 5.91 Å². The standard InChI is InChI=1S/C20H21ClN4O7S/c21-16-6-5-15(33(29,30)25-7-9-31-10-8-25)11-17(16)24-18(26)12-32-19(27)13-1-3-14(4-2-13)23-20(22)28/h1-6,11H,7-10,12H2,(H,24,26)(H3,22,23,28). The number of primary amides is 1. The Hall–Kier alpha value is -3.19. The Morgan fingerprint density at radius 3 is 2.36 bits per heavy atom. The number of carbonyl (C=O) groups excluding carboxylic acids is 3. The summed E-state index contributed by atoms with van der Waals surface area (Å²) in [7, 11) is -3.79. The number of rotatable bonds is 7. The maximum Gasteiger partial charge on any atom is 0.338 e. The lowest BCUT2D eigenvalue weighted by atomic mass is 10.2. The molecule has 3 rings (SSSR count). The van der Waals surface area contributed by atoms with E-state index < -0.39 is 34.5 Å². The number of benzene rings is 2. The quantitative estimate of drug-likeness (QED) is 0.491. The molecule has 0 aliphatic carbocycles. The van der Waals surface area contributed by atoms with Crippen LogP contribution in [0.2, 0.25) is 5.02 Å². The molecule has 1 saturated heterocycles. The first-order valence-corrected chi connectivity index (χ1v) is 11.5. The molecule has 3 amide bonds. The minimum atomic E-state index is -3.79. The number of amides is 3. The molecule has 2 aromatic rings. The molecular formula is C20H21ClN4O7S. The van der Waals surface area contributed by atoms with Gasteiger partial charge in [0.05, 0.1) is 34.4 Å². The predicted octanol–water partition coefficient (Wildman–Crippen LogP) is 1.65. The van der Waals surface area contributed by atoms with Gasteiger partial charge in [0.1, 0.15) is 0 Å². The van der Waals surface area contributed by atoms with E-state index in [0.29, 0.717) is 18.9 Å². The summed E-state index contributed by atoms with van der Waals surface area (Å²) >= 11 is 6.10. The van der Waals surface area contributed by atoms with E-state index in [1.165, 1.54) is 46.8 Å². The molecule has 0 saturated carbocycles. The van der Waals surface area contributed by atoms with Gasteiger partial charge in [0.2, 0.25) is 10.0 Å². The number of sulfonamides is 1. The molecule has 0 radical (unpaired) electrons. The summed E-state index contributed by atoms with van der Waals surface area (Å²) in [6.45, 7) is 0.416. The molecule has 1 aliphatic rings. The van der Waals surface area contributed by atoms with Crippen molar-refractivity contribution < 1.29 is 32.3 Å². The number of morpholine rings is 1. The fraction of sp³-hybridized carbons (Fsp3) is 0.250. The maximum absolute atomic E-state index is 12.8. The molecule has 2 aromatic carbocycles. The van der Waals surface area contributed by atoms with Crippen molar-refractivity contribution in [2.24, 2.45) is 5.73 Å². The Kier molecular flexibility index (Phi) is 7.87. The van der Waals surface area contributed by atoms with Crippen LogP contribution in [0.4, 0.5) is 16.2 Å². The van der Waals surface area contributed by atoms with Crippen LogP contribution in [0.3, 0.4) is 0 Å². The summed E-state index contributed by atoms with van der Waals surface area (Å²) in [4.78, 5) is 35.2. The summed E-state index contributed by atoms with van der Waals surface area (Å²) in [5, 5.41) is 4.91. The summed E-state index contributed by atoms with van der Waals surface area (Å²) in [6.07, 6.45) is 0. The minimum Gasteiger partial charge on any atom is -0.452 e. The van der Waals surface area contributed by atoms with Crippen molar-refractivity contribution in [3.8, 4) is 0 Å². The summed E-state index contributed by atoms with van der Waals surface area (Å²) < 4.78 is 37.0. The van der Waals surface area contributed by atoms with Gasteiger partial charge >= 0.3 is 12.0 Å². The lowest BCUT2D eigenvalue weighted by Crippen LogP contribution is -2.40. The number of hydrogen-bond acceptors (Lipinski definition) is 7. The molecule has 0 unspecified atom stereocenters. The van der Waals surface area contributed by atoms with Crippen LogP contribution in [0.1, 0.15) is 10.4 Å². The number of nitrogens with zero attached hydrogens (tertiary/aromatic N) is 1. The predicted molar refractivity (Wildman–Crippen MR) is 120 cm³/mol. The normalized spacial score (nSPS) is 14.3. The van der Waals surface area contributed by atoms with E-state index in [2.05, 4.69) is 10.6 Å². The van der Waals surface area contributed by atoms with Gasteiger partial charge in [-0.2, -0.15) is 4.31 Å².